The highest BCUT2D eigenvalue weighted by Crippen LogP contribution is 2.16. The van der Waals surface area contributed by atoms with Crippen LogP contribution in [0.5, 0.6) is 5.75 Å². The first-order valence-corrected chi connectivity index (χ1v) is 8.35. The molecule has 0 aliphatic heterocycles. The fraction of sp³-hybridized carbons (Fsp3) is 0.333. The number of nitrogens with zero attached hydrogens (tertiary/aromatic N) is 1. The minimum atomic E-state index is -0.327. The summed E-state index contributed by atoms with van der Waals surface area (Å²) in [5.41, 5.74) is 3.28. The maximum Gasteiger partial charge on any atom is 0.319 e. The van der Waals surface area contributed by atoms with Gasteiger partial charge in [0.2, 0.25) is 0 Å². The number of aromatic nitrogens is 1. The van der Waals surface area contributed by atoms with Crippen LogP contribution in [-0.2, 0) is 22.4 Å². The fourth-order valence-electron chi connectivity index (χ4n) is 2.15. The van der Waals surface area contributed by atoms with E-state index in [4.69, 9.17) is 9.47 Å². The Kier molecular flexibility index (Phi) is 6.59. The van der Waals surface area contributed by atoms with Crippen LogP contribution >= 0.6 is 15.9 Å². The van der Waals surface area contributed by atoms with Crippen LogP contribution in [0.2, 0.25) is 0 Å². The zero-order valence-corrected chi connectivity index (χ0v) is 14.9. The number of methoxy groups -OCH3 is 1. The summed E-state index contributed by atoms with van der Waals surface area (Å²) in [7, 11) is 1.39. The molecule has 1 heterocycles. The highest BCUT2D eigenvalue weighted by Gasteiger charge is 2.15. The van der Waals surface area contributed by atoms with E-state index in [1.165, 1.54) is 12.7 Å². The van der Waals surface area contributed by atoms with Gasteiger partial charge in [0.05, 0.1) is 13.7 Å². The molecule has 2 aromatic rings. The van der Waals surface area contributed by atoms with Crippen LogP contribution in [0.15, 0.2) is 42.6 Å². The third-order valence-corrected chi connectivity index (χ3v) is 4.09. The largest absolute Gasteiger partial charge is 0.493 e. The van der Waals surface area contributed by atoms with E-state index in [0.717, 1.165) is 23.4 Å². The Balaban J connectivity index is 1.82. The molecule has 0 amide bonds. The lowest BCUT2D eigenvalue weighted by Gasteiger charge is -2.09. The van der Waals surface area contributed by atoms with Gasteiger partial charge in [-0.1, -0.05) is 28.1 Å². The summed E-state index contributed by atoms with van der Waals surface area (Å²) >= 11 is 3.32. The lowest BCUT2D eigenvalue weighted by Crippen LogP contribution is -2.17. The second-order valence-corrected chi connectivity index (χ2v) is 6.37. The third kappa shape index (κ3) is 5.67. The first-order chi connectivity index (χ1) is 11.1. The van der Waals surface area contributed by atoms with Crippen molar-refractivity contribution in [2.75, 3.05) is 13.7 Å². The lowest BCUT2D eigenvalue weighted by molar-refractivity contribution is -0.139. The van der Waals surface area contributed by atoms with E-state index in [1.807, 2.05) is 36.5 Å². The number of carbonyl (C=O) groups is 1. The molecule has 23 heavy (non-hydrogen) atoms. The van der Waals surface area contributed by atoms with Crippen molar-refractivity contribution < 1.29 is 14.3 Å². The molecule has 0 saturated heterocycles. The first-order valence-electron chi connectivity index (χ1n) is 7.43. The Morgan fingerprint density at radius 3 is 2.65 bits per heavy atom. The van der Waals surface area contributed by atoms with Crippen LogP contribution < -0.4 is 4.74 Å². The Bertz CT molecular complexity index is 643. The molecule has 122 valence electrons. The summed E-state index contributed by atoms with van der Waals surface area (Å²) in [5, 5.41) is 0. The third-order valence-electron chi connectivity index (χ3n) is 3.39. The number of hydrogen-bond acceptors (Lipinski definition) is 4. The number of ether oxygens (including phenoxy) is 2. The molecule has 5 heteroatoms. The zero-order valence-electron chi connectivity index (χ0n) is 13.3. The van der Waals surface area contributed by atoms with E-state index in [9.17, 15) is 4.79 Å². The molecular weight excluding hydrogens is 358 g/mol. The van der Waals surface area contributed by atoms with E-state index < -0.39 is 0 Å². The summed E-state index contributed by atoms with van der Waals surface area (Å²) < 4.78 is 10.4. The smallest absolute Gasteiger partial charge is 0.319 e. The van der Waals surface area contributed by atoms with Gasteiger partial charge >= 0.3 is 5.97 Å². The topological polar surface area (TPSA) is 48.4 Å². The minimum absolute atomic E-state index is 0.268. The van der Waals surface area contributed by atoms with E-state index in [0.29, 0.717) is 13.0 Å². The number of pyridine rings is 1. The quantitative estimate of drug-likeness (QED) is 0.547. The van der Waals surface area contributed by atoms with Crippen LogP contribution in [0.25, 0.3) is 0 Å². The summed E-state index contributed by atoms with van der Waals surface area (Å²) in [6.45, 7) is 2.63. The molecular formula is C18H20BrNO3. The number of aryl methyl sites for hydroxylation is 1. The van der Waals surface area contributed by atoms with Crippen molar-refractivity contribution in [1.29, 1.82) is 0 Å². The predicted octanol–water partition coefficient (Wildman–Crippen LogP) is 3.49. The van der Waals surface area contributed by atoms with Gasteiger partial charge in [-0.15, -0.1) is 0 Å². The minimum Gasteiger partial charge on any atom is -0.493 e. The molecule has 1 aromatic heterocycles. The van der Waals surface area contributed by atoms with Crippen LogP contribution in [0.4, 0.5) is 0 Å². The van der Waals surface area contributed by atoms with Gasteiger partial charge in [-0.05, 0) is 48.7 Å². The monoisotopic (exact) mass is 377 g/mol. The summed E-state index contributed by atoms with van der Waals surface area (Å²) in [4.78, 5) is 15.4. The van der Waals surface area contributed by atoms with Crippen LogP contribution in [-0.4, -0.2) is 29.5 Å². The number of rotatable bonds is 7. The normalized spacial score (nSPS) is 11.8. The van der Waals surface area contributed by atoms with Gasteiger partial charge in [0.15, 0.2) is 0 Å². The van der Waals surface area contributed by atoms with Crippen molar-refractivity contribution in [1.82, 2.24) is 4.98 Å². The second-order valence-electron chi connectivity index (χ2n) is 5.26. The number of alkyl halides is 1. The van der Waals surface area contributed by atoms with Crippen LogP contribution in [0.1, 0.15) is 16.8 Å². The Hall–Kier alpha value is -1.88. The van der Waals surface area contributed by atoms with Crippen molar-refractivity contribution >= 4 is 21.9 Å². The number of carbonyl (C=O) groups excluding carboxylic acids is 1. The van der Waals surface area contributed by atoms with Crippen molar-refractivity contribution in [3.05, 3.63) is 59.4 Å². The van der Waals surface area contributed by atoms with Crippen molar-refractivity contribution in [2.45, 2.75) is 24.6 Å². The number of hydrogen-bond donors (Lipinski definition) is 0. The average molecular weight is 378 g/mol. The number of esters is 1. The first kappa shape index (κ1) is 17.5. The molecule has 4 nitrogen and oxygen atoms in total. The predicted molar refractivity (Wildman–Crippen MR) is 93.1 cm³/mol. The second kappa shape index (κ2) is 8.67. The van der Waals surface area contributed by atoms with E-state index >= 15 is 0 Å². The average Bonchev–Trinajstić information content (AvgIpc) is 2.55. The van der Waals surface area contributed by atoms with Crippen LogP contribution in [0.3, 0.4) is 0 Å². The summed E-state index contributed by atoms with van der Waals surface area (Å²) in [6, 6.07) is 11.8. The molecule has 0 bridgehead atoms. The van der Waals surface area contributed by atoms with Crippen molar-refractivity contribution in [3.8, 4) is 5.75 Å². The SMILES string of the molecule is COC(=O)C(Br)Cc1ccc(OCCc2cc(C)ccn2)cc1. The molecule has 0 spiro atoms. The van der Waals surface area contributed by atoms with Crippen LogP contribution in [0, 0.1) is 6.92 Å². The Morgan fingerprint density at radius 2 is 2.00 bits per heavy atom. The molecule has 1 aromatic carbocycles. The van der Waals surface area contributed by atoms with Crippen molar-refractivity contribution in [3.63, 3.8) is 0 Å². The lowest BCUT2D eigenvalue weighted by atomic mass is 10.1. The molecule has 1 atom stereocenters. The van der Waals surface area contributed by atoms with E-state index in [2.05, 4.69) is 33.9 Å². The molecule has 0 aliphatic rings. The Labute approximate surface area is 145 Å². The van der Waals surface area contributed by atoms with Gasteiger partial charge < -0.3 is 9.47 Å². The Morgan fingerprint density at radius 1 is 1.26 bits per heavy atom. The van der Waals surface area contributed by atoms with Gasteiger partial charge in [-0.2, -0.15) is 0 Å². The molecule has 0 N–H and O–H groups in total. The standard InChI is InChI=1S/C18H20BrNO3/c1-13-7-9-20-15(11-13)8-10-23-16-5-3-14(4-6-16)12-17(19)18(21)22-2/h3-7,9,11,17H,8,10,12H2,1-2H3. The summed E-state index contributed by atoms with van der Waals surface area (Å²) in [5.74, 6) is 0.543. The maximum atomic E-state index is 11.4. The maximum absolute atomic E-state index is 11.4. The van der Waals surface area contributed by atoms with Gasteiger partial charge in [0.25, 0.3) is 0 Å². The molecule has 2 rings (SSSR count). The number of benzene rings is 1. The van der Waals surface area contributed by atoms with E-state index in [1.54, 1.807) is 0 Å². The zero-order chi connectivity index (χ0) is 16.7. The van der Waals surface area contributed by atoms with E-state index in [-0.39, 0.29) is 10.8 Å². The number of halogens is 1. The van der Waals surface area contributed by atoms with Gasteiger partial charge in [0, 0.05) is 18.3 Å². The molecule has 0 saturated carbocycles. The van der Waals surface area contributed by atoms with Gasteiger partial charge in [0.1, 0.15) is 10.6 Å². The molecule has 0 fully saturated rings. The van der Waals surface area contributed by atoms with Crippen molar-refractivity contribution in [2.24, 2.45) is 0 Å². The highest BCUT2D eigenvalue weighted by atomic mass is 79.9. The summed E-state index contributed by atoms with van der Waals surface area (Å²) in [6.07, 6.45) is 3.17. The molecule has 0 aliphatic carbocycles. The van der Waals surface area contributed by atoms with Gasteiger partial charge in [-0.25, -0.2) is 0 Å². The molecule has 1 unspecified atom stereocenters. The highest BCUT2D eigenvalue weighted by molar-refractivity contribution is 9.10. The molecule has 0 radical (unpaired) electrons. The van der Waals surface area contributed by atoms with Gasteiger partial charge in [-0.3, -0.25) is 9.78 Å². The fourth-order valence-corrected chi connectivity index (χ4v) is 2.71.